The molecular weight excluding hydrogens is 474 g/mol. The van der Waals surface area contributed by atoms with Gasteiger partial charge in [-0.3, -0.25) is 0 Å². The van der Waals surface area contributed by atoms with Crippen LogP contribution in [0.4, 0.5) is 5.13 Å². The number of sulfonamides is 1. The first-order chi connectivity index (χ1) is 16.4. The van der Waals surface area contributed by atoms with E-state index in [2.05, 4.69) is 22.4 Å². The van der Waals surface area contributed by atoms with Crippen LogP contribution in [0.1, 0.15) is 18.2 Å². The summed E-state index contributed by atoms with van der Waals surface area (Å²) < 4.78 is 44.0. The molecule has 0 saturated carbocycles. The number of ether oxygens (including phenoxy) is 3. The molecule has 3 aromatic rings. The Kier molecular flexibility index (Phi) is 7.60. The van der Waals surface area contributed by atoms with Gasteiger partial charge in [-0.05, 0) is 36.8 Å². The fraction of sp³-hybridized carbons (Fsp3) is 0.375. The van der Waals surface area contributed by atoms with Crippen molar-refractivity contribution in [2.45, 2.75) is 18.2 Å². The van der Waals surface area contributed by atoms with Crippen LogP contribution in [0.2, 0.25) is 0 Å². The number of hydrogen-bond donors (Lipinski definition) is 0. The van der Waals surface area contributed by atoms with Crippen molar-refractivity contribution in [3.8, 4) is 17.2 Å². The molecule has 182 valence electrons. The minimum atomic E-state index is -3.68. The van der Waals surface area contributed by atoms with Crippen molar-refractivity contribution in [3.05, 3.63) is 59.1 Å². The van der Waals surface area contributed by atoms with Crippen molar-refractivity contribution in [3.63, 3.8) is 0 Å². The third kappa shape index (κ3) is 5.29. The second-order valence-electron chi connectivity index (χ2n) is 7.78. The smallest absolute Gasteiger partial charge is 0.246 e. The van der Waals surface area contributed by atoms with Gasteiger partial charge in [0.15, 0.2) is 5.13 Å². The number of rotatable bonds is 9. The average Bonchev–Trinajstić information content (AvgIpc) is 3.33. The number of thiazole rings is 1. The zero-order chi connectivity index (χ0) is 24.1. The maximum Gasteiger partial charge on any atom is 0.246 e. The van der Waals surface area contributed by atoms with Crippen LogP contribution >= 0.6 is 11.3 Å². The van der Waals surface area contributed by atoms with Crippen molar-refractivity contribution >= 4 is 26.5 Å². The molecule has 1 fully saturated rings. The third-order valence-corrected chi connectivity index (χ3v) is 8.55. The molecule has 34 heavy (non-hydrogen) atoms. The van der Waals surface area contributed by atoms with E-state index in [-0.39, 0.29) is 10.6 Å². The Bertz CT molecular complexity index is 1200. The number of hydrogen-bond acceptors (Lipinski definition) is 8. The van der Waals surface area contributed by atoms with E-state index in [1.807, 2.05) is 19.1 Å². The average molecular weight is 504 g/mol. The molecule has 2 aromatic carbocycles. The summed E-state index contributed by atoms with van der Waals surface area (Å²) in [6.45, 7) is 4.53. The van der Waals surface area contributed by atoms with Crippen molar-refractivity contribution < 1.29 is 22.6 Å². The van der Waals surface area contributed by atoms with E-state index in [9.17, 15) is 8.42 Å². The Labute approximate surface area is 204 Å². The Hall–Kier alpha value is -2.82. The third-order valence-electron chi connectivity index (χ3n) is 5.66. The first-order valence-corrected chi connectivity index (χ1v) is 13.4. The maximum atomic E-state index is 13.2. The number of piperazine rings is 1. The highest BCUT2D eigenvalue weighted by molar-refractivity contribution is 7.89. The minimum Gasteiger partial charge on any atom is -0.497 e. The van der Waals surface area contributed by atoms with Gasteiger partial charge in [-0.25, -0.2) is 13.4 Å². The quantitative estimate of drug-likeness (QED) is 0.441. The summed E-state index contributed by atoms with van der Waals surface area (Å²) in [7, 11) is -0.690. The van der Waals surface area contributed by atoms with Gasteiger partial charge in [0.25, 0.3) is 0 Å². The van der Waals surface area contributed by atoms with E-state index in [0.717, 1.165) is 23.0 Å². The van der Waals surface area contributed by atoms with Gasteiger partial charge in [0.1, 0.15) is 22.1 Å². The highest BCUT2D eigenvalue weighted by Gasteiger charge is 2.31. The molecule has 1 aromatic heterocycles. The predicted octanol–water partition coefficient (Wildman–Crippen LogP) is 3.66. The predicted molar refractivity (Wildman–Crippen MR) is 133 cm³/mol. The second kappa shape index (κ2) is 10.6. The normalized spacial score (nSPS) is 14.7. The van der Waals surface area contributed by atoms with Gasteiger partial charge in [-0.15, -0.1) is 11.3 Å². The Morgan fingerprint density at radius 1 is 0.971 bits per heavy atom. The summed E-state index contributed by atoms with van der Waals surface area (Å²) in [6, 6.07) is 12.8. The minimum absolute atomic E-state index is 0.149. The van der Waals surface area contributed by atoms with E-state index in [1.54, 1.807) is 23.5 Å². The van der Waals surface area contributed by atoms with Crippen LogP contribution in [0.15, 0.2) is 52.7 Å². The Morgan fingerprint density at radius 2 is 1.68 bits per heavy atom. The molecule has 1 saturated heterocycles. The van der Waals surface area contributed by atoms with Crippen LogP contribution in [0.5, 0.6) is 17.2 Å². The molecule has 2 heterocycles. The maximum absolute atomic E-state index is 13.2. The molecule has 0 amide bonds. The van der Waals surface area contributed by atoms with Gasteiger partial charge >= 0.3 is 0 Å². The molecule has 0 radical (unpaired) electrons. The van der Waals surface area contributed by atoms with Crippen LogP contribution in [-0.2, 0) is 16.4 Å². The Morgan fingerprint density at radius 3 is 2.32 bits per heavy atom. The molecule has 4 rings (SSSR count). The lowest BCUT2D eigenvalue weighted by atomic mass is 10.1. The summed E-state index contributed by atoms with van der Waals surface area (Å²) in [6.07, 6.45) is 0.745. The molecule has 0 N–H and O–H groups in total. The zero-order valence-electron chi connectivity index (χ0n) is 19.6. The van der Waals surface area contributed by atoms with Crippen molar-refractivity contribution in [1.82, 2.24) is 9.29 Å². The molecule has 10 heteroatoms. The van der Waals surface area contributed by atoms with E-state index < -0.39 is 10.0 Å². The van der Waals surface area contributed by atoms with Crippen LogP contribution in [-0.4, -0.2) is 64.7 Å². The van der Waals surface area contributed by atoms with E-state index in [0.29, 0.717) is 38.5 Å². The van der Waals surface area contributed by atoms with Crippen molar-refractivity contribution in [1.29, 1.82) is 0 Å². The SMILES string of the molecule is CCOc1ccc(Cc2csc(N3CCN(S(=O)(=O)c4ccc(OC)cc4OC)CC3)n2)cc1. The van der Waals surface area contributed by atoms with Crippen LogP contribution < -0.4 is 19.1 Å². The number of anilines is 1. The van der Waals surface area contributed by atoms with Gasteiger partial charge in [0.05, 0.1) is 26.5 Å². The lowest BCUT2D eigenvalue weighted by molar-refractivity contribution is 0.340. The molecule has 0 unspecified atom stereocenters. The molecule has 0 aliphatic carbocycles. The van der Waals surface area contributed by atoms with Crippen molar-refractivity contribution in [2.75, 3.05) is 51.9 Å². The highest BCUT2D eigenvalue weighted by Crippen LogP contribution is 2.32. The molecule has 0 bridgehead atoms. The second-order valence-corrected chi connectivity index (χ2v) is 10.5. The highest BCUT2D eigenvalue weighted by atomic mass is 32.2. The van der Waals surface area contributed by atoms with Gasteiger partial charge < -0.3 is 19.1 Å². The number of nitrogens with zero attached hydrogens (tertiary/aromatic N) is 3. The summed E-state index contributed by atoms with van der Waals surface area (Å²) in [4.78, 5) is 7.08. The van der Waals surface area contributed by atoms with E-state index >= 15 is 0 Å². The lowest BCUT2D eigenvalue weighted by Gasteiger charge is -2.34. The molecule has 8 nitrogen and oxygen atoms in total. The van der Waals surface area contributed by atoms with E-state index in [4.69, 9.17) is 19.2 Å². The largest absolute Gasteiger partial charge is 0.497 e. The fourth-order valence-corrected chi connectivity index (χ4v) is 6.29. The molecule has 0 atom stereocenters. The molecular formula is C24H29N3O5S2. The fourth-order valence-electron chi connectivity index (χ4n) is 3.85. The van der Waals surface area contributed by atoms with Gasteiger partial charge in [0, 0.05) is 44.0 Å². The molecule has 1 aliphatic rings. The summed E-state index contributed by atoms with van der Waals surface area (Å²) >= 11 is 1.59. The number of aromatic nitrogens is 1. The van der Waals surface area contributed by atoms with E-state index in [1.165, 1.54) is 30.2 Å². The van der Waals surface area contributed by atoms with Crippen LogP contribution in [0.25, 0.3) is 0 Å². The standard InChI is InChI=1S/C24H29N3O5S2/c1-4-32-20-7-5-18(6-8-20)15-19-17-33-24(25-19)26-11-13-27(14-12-26)34(28,29)23-10-9-21(30-2)16-22(23)31-3/h5-10,16-17H,4,11-15H2,1-3H3. The summed E-state index contributed by atoms with van der Waals surface area (Å²) in [5, 5.41) is 2.98. The number of benzene rings is 2. The summed E-state index contributed by atoms with van der Waals surface area (Å²) in [5.74, 6) is 1.69. The first-order valence-electron chi connectivity index (χ1n) is 11.1. The molecule has 1 aliphatic heterocycles. The Balaban J connectivity index is 1.39. The molecule has 0 spiro atoms. The van der Waals surface area contributed by atoms with Crippen LogP contribution in [0.3, 0.4) is 0 Å². The first kappa shape index (κ1) is 24.3. The van der Waals surface area contributed by atoms with Crippen LogP contribution in [0, 0.1) is 0 Å². The van der Waals surface area contributed by atoms with Gasteiger partial charge in [0.2, 0.25) is 10.0 Å². The zero-order valence-corrected chi connectivity index (χ0v) is 21.2. The summed E-state index contributed by atoms with van der Waals surface area (Å²) in [5.41, 5.74) is 2.17. The lowest BCUT2D eigenvalue weighted by Crippen LogP contribution is -2.48. The number of methoxy groups -OCH3 is 2. The van der Waals surface area contributed by atoms with Crippen molar-refractivity contribution in [2.24, 2.45) is 0 Å². The van der Waals surface area contributed by atoms with Gasteiger partial charge in [-0.1, -0.05) is 12.1 Å². The topological polar surface area (TPSA) is 81.2 Å². The monoisotopic (exact) mass is 503 g/mol. The van der Waals surface area contributed by atoms with Gasteiger partial charge in [-0.2, -0.15) is 4.31 Å².